The predicted octanol–water partition coefficient (Wildman–Crippen LogP) is -0.222. The number of aromatic nitrogens is 1. The summed E-state index contributed by atoms with van der Waals surface area (Å²) in [5, 5.41) is 16.2. The van der Waals surface area contributed by atoms with Gasteiger partial charge in [0.25, 0.3) is 11.8 Å². The molecule has 0 aliphatic rings. The highest BCUT2D eigenvalue weighted by Crippen LogP contribution is 1.94. The summed E-state index contributed by atoms with van der Waals surface area (Å²) in [6.45, 7) is 1.92. The van der Waals surface area contributed by atoms with Crippen molar-refractivity contribution in [3.63, 3.8) is 0 Å². The molecule has 7 nitrogen and oxygen atoms in total. The van der Waals surface area contributed by atoms with Crippen LogP contribution in [0.3, 0.4) is 0 Å². The summed E-state index contributed by atoms with van der Waals surface area (Å²) in [7, 11) is 0. The van der Waals surface area contributed by atoms with E-state index >= 15 is 0 Å². The van der Waals surface area contributed by atoms with E-state index in [0.717, 1.165) is 0 Å². The van der Waals surface area contributed by atoms with Gasteiger partial charge in [0, 0.05) is 31.0 Å². The first-order valence-electron chi connectivity index (χ1n) is 5.30. The summed E-state index contributed by atoms with van der Waals surface area (Å²) < 4.78 is 0. The molecule has 0 unspecified atom stereocenters. The minimum atomic E-state index is -0.476. The Labute approximate surface area is 104 Å². The third-order valence-corrected chi connectivity index (χ3v) is 2.12. The van der Waals surface area contributed by atoms with Crippen molar-refractivity contribution >= 4 is 17.5 Å². The molecule has 1 heterocycles. The van der Waals surface area contributed by atoms with Crippen molar-refractivity contribution in [3.8, 4) is 0 Å². The van der Waals surface area contributed by atoms with Gasteiger partial charge in [-0.2, -0.15) is 0 Å². The molecule has 0 spiro atoms. The maximum absolute atomic E-state index is 11.6. The van der Waals surface area contributed by atoms with E-state index in [1.165, 1.54) is 19.3 Å². The molecule has 0 aliphatic carbocycles. The molecular weight excluding hydrogens is 236 g/mol. The molecule has 2 amide bonds. The van der Waals surface area contributed by atoms with Gasteiger partial charge in [-0.05, 0) is 19.1 Å². The highest BCUT2D eigenvalue weighted by molar-refractivity contribution is 6.37. The first-order chi connectivity index (χ1) is 8.65. The van der Waals surface area contributed by atoms with E-state index in [4.69, 9.17) is 5.21 Å². The lowest BCUT2D eigenvalue weighted by molar-refractivity contribution is -0.114. The fourth-order valence-electron chi connectivity index (χ4n) is 1.13. The Kier molecular flexibility index (Phi) is 5.30. The fourth-order valence-corrected chi connectivity index (χ4v) is 1.13. The number of hydrogen-bond acceptors (Lipinski definition) is 5. The van der Waals surface area contributed by atoms with Crippen LogP contribution < -0.4 is 10.6 Å². The van der Waals surface area contributed by atoms with Gasteiger partial charge >= 0.3 is 0 Å². The number of rotatable bonds is 5. The van der Waals surface area contributed by atoms with Crippen LogP contribution in [-0.2, 0) is 4.79 Å². The zero-order valence-corrected chi connectivity index (χ0v) is 9.88. The number of carbonyl (C=O) groups is 2. The summed E-state index contributed by atoms with van der Waals surface area (Å²) in [6.07, 6.45) is 3.05. The Morgan fingerprint density at radius 3 is 2.50 bits per heavy atom. The normalized spacial score (nSPS) is 10.8. The molecule has 0 saturated heterocycles. The Hall–Kier alpha value is -2.44. The zero-order valence-electron chi connectivity index (χ0n) is 9.88. The van der Waals surface area contributed by atoms with E-state index in [2.05, 4.69) is 20.8 Å². The lowest BCUT2D eigenvalue weighted by Crippen LogP contribution is -2.37. The smallest absolute Gasteiger partial charge is 0.268 e. The van der Waals surface area contributed by atoms with Gasteiger partial charge in [-0.1, -0.05) is 5.16 Å². The summed E-state index contributed by atoms with van der Waals surface area (Å²) >= 11 is 0. The number of pyridine rings is 1. The van der Waals surface area contributed by atoms with Crippen molar-refractivity contribution in [2.45, 2.75) is 6.92 Å². The van der Waals surface area contributed by atoms with Gasteiger partial charge in [0.1, 0.15) is 5.71 Å². The lowest BCUT2D eigenvalue weighted by Gasteiger charge is -2.06. The van der Waals surface area contributed by atoms with Crippen LogP contribution in [0.5, 0.6) is 0 Å². The summed E-state index contributed by atoms with van der Waals surface area (Å²) in [4.78, 5) is 26.5. The summed E-state index contributed by atoms with van der Waals surface area (Å²) in [5.41, 5.74) is 0.472. The van der Waals surface area contributed by atoms with Gasteiger partial charge in [0.2, 0.25) is 0 Å². The standard InChI is InChI=1S/C11H14N4O3/c1-8(15-18)10(16)13-6-7-14-11(17)9-2-4-12-5-3-9/h2-5,18H,6-7H2,1H3,(H,13,16)(H,14,17)/b15-8-. The number of hydrogen-bond donors (Lipinski definition) is 3. The van der Waals surface area contributed by atoms with Gasteiger partial charge in [-0.25, -0.2) is 0 Å². The van der Waals surface area contributed by atoms with Gasteiger partial charge in [0.05, 0.1) is 0 Å². The number of nitrogens with zero attached hydrogens (tertiary/aromatic N) is 2. The van der Waals surface area contributed by atoms with Crippen molar-refractivity contribution in [2.24, 2.45) is 5.16 Å². The molecule has 1 rings (SSSR count). The first-order valence-corrected chi connectivity index (χ1v) is 5.30. The molecule has 0 bridgehead atoms. The minimum absolute atomic E-state index is 0.0320. The molecule has 0 fully saturated rings. The number of nitrogens with one attached hydrogen (secondary N) is 2. The van der Waals surface area contributed by atoms with Gasteiger partial charge < -0.3 is 15.8 Å². The van der Waals surface area contributed by atoms with E-state index in [1.807, 2.05) is 0 Å². The molecule has 0 atom stereocenters. The predicted molar refractivity (Wildman–Crippen MR) is 64.5 cm³/mol. The quantitative estimate of drug-likeness (QED) is 0.291. The maximum atomic E-state index is 11.6. The van der Waals surface area contributed by atoms with Crippen LogP contribution in [0.15, 0.2) is 29.7 Å². The van der Waals surface area contributed by atoms with Crippen LogP contribution >= 0.6 is 0 Å². The van der Waals surface area contributed by atoms with Crippen LogP contribution in [0.1, 0.15) is 17.3 Å². The molecule has 0 radical (unpaired) electrons. The highest BCUT2D eigenvalue weighted by atomic mass is 16.4. The van der Waals surface area contributed by atoms with Gasteiger partial charge in [0.15, 0.2) is 0 Å². The monoisotopic (exact) mass is 250 g/mol. The second kappa shape index (κ2) is 7.00. The van der Waals surface area contributed by atoms with Crippen molar-refractivity contribution < 1.29 is 14.8 Å². The molecule has 3 N–H and O–H groups in total. The third kappa shape index (κ3) is 4.20. The Morgan fingerprint density at radius 1 is 1.28 bits per heavy atom. The van der Waals surface area contributed by atoms with Crippen molar-refractivity contribution in [1.29, 1.82) is 0 Å². The lowest BCUT2D eigenvalue weighted by atomic mass is 10.2. The number of carbonyl (C=O) groups excluding carboxylic acids is 2. The van der Waals surface area contributed by atoms with Gasteiger partial charge in [-0.3, -0.25) is 14.6 Å². The average Bonchev–Trinajstić information content (AvgIpc) is 2.43. The molecular formula is C11H14N4O3. The van der Waals surface area contributed by atoms with E-state index in [9.17, 15) is 9.59 Å². The molecule has 7 heteroatoms. The average molecular weight is 250 g/mol. The number of amides is 2. The van der Waals surface area contributed by atoms with Crippen LogP contribution in [-0.4, -0.2) is 40.8 Å². The second-order valence-electron chi connectivity index (χ2n) is 3.43. The molecule has 1 aromatic rings. The zero-order chi connectivity index (χ0) is 13.4. The second-order valence-corrected chi connectivity index (χ2v) is 3.43. The van der Waals surface area contributed by atoms with E-state index in [1.54, 1.807) is 12.1 Å². The SMILES string of the molecule is C/C(=N/O)C(=O)NCCNC(=O)c1ccncc1. The van der Waals surface area contributed by atoms with E-state index in [-0.39, 0.29) is 24.7 Å². The highest BCUT2D eigenvalue weighted by Gasteiger charge is 2.06. The van der Waals surface area contributed by atoms with Crippen LogP contribution in [0, 0.1) is 0 Å². The molecule has 1 aromatic heterocycles. The Balaban J connectivity index is 2.27. The number of oxime groups is 1. The van der Waals surface area contributed by atoms with Crippen molar-refractivity contribution in [3.05, 3.63) is 30.1 Å². The maximum Gasteiger partial charge on any atom is 0.268 e. The topological polar surface area (TPSA) is 104 Å². The Morgan fingerprint density at radius 2 is 1.89 bits per heavy atom. The third-order valence-electron chi connectivity index (χ3n) is 2.12. The van der Waals surface area contributed by atoms with Crippen LogP contribution in [0.25, 0.3) is 0 Å². The minimum Gasteiger partial charge on any atom is -0.410 e. The van der Waals surface area contributed by atoms with E-state index < -0.39 is 5.91 Å². The first kappa shape index (κ1) is 13.6. The van der Waals surface area contributed by atoms with Crippen LogP contribution in [0.4, 0.5) is 0 Å². The molecule has 18 heavy (non-hydrogen) atoms. The molecule has 0 aliphatic heterocycles. The van der Waals surface area contributed by atoms with Crippen LogP contribution in [0.2, 0.25) is 0 Å². The molecule has 0 saturated carbocycles. The molecule has 0 aromatic carbocycles. The fraction of sp³-hybridized carbons (Fsp3) is 0.273. The van der Waals surface area contributed by atoms with Gasteiger partial charge in [-0.15, -0.1) is 0 Å². The summed E-state index contributed by atoms with van der Waals surface area (Å²) in [5.74, 6) is -0.713. The Bertz CT molecular complexity index is 445. The van der Waals surface area contributed by atoms with Crippen molar-refractivity contribution in [1.82, 2.24) is 15.6 Å². The summed E-state index contributed by atoms with van der Waals surface area (Å²) in [6, 6.07) is 3.19. The van der Waals surface area contributed by atoms with Crippen molar-refractivity contribution in [2.75, 3.05) is 13.1 Å². The largest absolute Gasteiger partial charge is 0.410 e. The molecule has 96 valence electrons. The van der Waals surface area contributed by atoms with E-state index in [0.29, 0.717) is 5.56 Å².